The fraction of sp³-hybridized carbons (Fsp3) is 0.368. The van der Waals surface area contributed by atoms with Crippen LogP contribution in [-0.4, -0.2) is 46.2 Å². The van der Waals surface area contributed by atoms with Gasteiger partial charge in [0.1, 0.15) is 12.1 Å². The lowest BCUT2D eigenvalue weighted by molar-refractivity contribution is -0.139. The summed E-state index contributed by atoms with van der Waals surface area (Å²) in [4.78, 5) is 42.9. The van der Waals surface area contributed by atoms with Gasteiger partial charge in [0, 0.05) is 30.2 Å². The zero-order valence-corrected chi connectivity index (χ0v) is 14.6. The number of amides is 3. The predicted molar refractivity (Wildman–Crippen MR) is 97.0 cm³/mol. The standard InChI is InChI=1S/C19H22N4O3/c1-13(21-17(24)14-5-2-3-6-14)19(26)23-12-4-7-16(23)18(25)22-15-8-10-20-11-9-15/h2-3,5,8-11,13,16H,4,6-7,12H2,1H3,(H,21,24)(H,20,22,25)/t13-,16+/m1/s1. The SMILES string of the molecule is C[C@@H](NC(=O)C1=CC=CC1)C(=O)N1CCC[C@H]1C(=O)Nc1ccncc1. The van der Waals surface area contributed by atoms with Crippen molar-refractivity contribution in [2.75, 3.05) is 11.9 Å². The molecule has 3 amide bonds. The minimum absolute atomic E-state index is 0.219. The van der Waals surface area contributed by atoms with E-state index >= 15 is 0 Å². The second-order valence-electron chi connectivity index (χ2n) is 6.43. The van der Waals surface area contributed by atoms with E-state index in [9.17, 15) is 14.4 Å². The van der Waals surface area contributed by atoms with Crippen LogP contribution >= 0.6 is 0 Å². The van der Waals surface area contributed by atoms with Gasteiger partial charge in [0.2, 0.25) is 17.7 Å². The molecular weight excluding hydrogens is 332 g/mol. The van der Waals surface area contributed by atoms with Gasteiger partial charge in [0.25, 0.3) is 0 Å². The first-order valence-corrected chi connectivity index (χ1v) is 8.74. The third-order valence-corrected chi connectivity index (χ3v) is 4.57. The molecule has 1 saturated heterocycles. The highest BCUT2D eigenvalue weighted by Gasteiger charge is 2.36. The van der Waals surface area contributed by atoms with Crippen LogP contribution in [0.1, 0.15) is 26.2 Å². The smallest absolute Gasteiger partial charge is 0.248 e. The molecule has 1 aliphatic carbocycles. The zero-order valence-electron chi connectivity index (χ0n) is 14.6. The van der Waals surface area contributed by atoms with Crippen molar-refractivity contribution in [1.82, 2.24) is 15.2 Å². The molecule has 0 radical (unpaired) electrons. The van der Waals surface area contributed by atoms with E-state index in [2.05, 4.69) is 15.6 Å². The number of aromatic nitrogens is 1. The minimum Gasteiger partial charge on any atom is -0.341 e. The molecule has 136 valence electrons. The van der Waals surface area contributed by atoms with Crippen LogP contribution in [0.3, 0.4) is 0 Å². The van der Waals surface area contributed by atoms with Gasteiger partial charge in [-0.25, -0.2) is 0 Å². The molecule has 1 aliphatic heterocycles. The molecule has 2 aliphatic rings. The molecule has 7 heteroatoms. The Morgan fingerprint density at radius 1 is 1.27 bits per heavy atom. The van der Waals surface area contributed by atoms with Gasteiger partial charge < -0.3 is 15.5 Å². The van der Waals surface area contributed by atoms with E-state index in [4.69, 9.17) is 0 Å². The van der Waals surface area contributed by atoms with Crippen LogP contribution in [0.5, 0.6) is 0 Å². The van der Waals surface area contributed by atoms with E-state index in [-0.39, 0.29) is 17.7 Å². The van der Waals surface area contributed by atoms with E-state index in [1.807, 2.05) is 12.2 Å². The Bertz CT molecular complexity index is 757. The second-order valence-corrected chi connectivity index (χ2v) is 6.43. The first-order chi connectivity index (χ1) is 12.6. The number of likely N-dealkylation sites (tertiary alicyclic amines) is 1. The number of anilines is 1. The van der Waals surface area contributed by atoms with E-state index < -0.39 is 12.1 Å². The highest BCUT2D eigenvalue weighted by atomic mass is 16.2. The van der Waals surface area contributed by atoms with Gasteiger partial charge in [-0.1, -0.05) is 18.2 Å². The Balaban J connectivity index is 1.60. The maximum absolute atomic E-state index is 12.7. The highest BCUT2D eigenvalue weighted by Crippen LogP contribution is 2.20. The quantitative estimate of drug-likeness (QED) is 0.836. The van der Waals surface area contributed by atoms with Crippen molar-refractivity contribution in [3.63, 3.8) is 0 Å². The molecule has 0 unspecified atom stereocenters. The van der Waals surface area contributed by atoms with Crippen molar-refractivity contribution >= 4 is 23.4 Å². The van der Waals surface area contributed by atoms with Gasteiger partial charge in [-0.15, -0.1) is 0 Å². The Kier molecular flexibility index (Phi) is 5.46. The Morgan fingerprint density at radius 2 is 2.04 bits per heavy atom. The molecule has 1 aromatic heterocycles. The molecule has 1 aromatic rings. The average Bonchev–Trinajstić information content (AvgIpc) is 3.33. The number of nitrogens with zero attached hydrogens (tertiary/aromatic N) is 2. The van der Waals surface area contributed by atoms with Crippen LogP contribution in [-0.2, 0) is 14.4 Å². The topological polar surface area (TPSA) is 91.4 Å². The summed E-state index contributed by atoms with van der Waals surface area (Å²) in [5.41, 5.74) is 1.28. The summed E-state index contributed by atoms with van der Waals surface area (Å²) in [6, 6.07) is 2.19. The number of carbonyl (C=O) groups is 3. The molecule has 0 spiro atoms. The number of pyridine rings is 1. The molecule has 7 nitrogen and oxygen atoms in total. The molecule has 2 atom stereocenters. The van der Waals surface area contributed by atoms with Gasteiger partial charge in [-0.05, 0) is 38.3 Å². The molecule has 1 fully saturated rings. The fourth-order valence-corrected chi connectivity index (χ4v) is 3.18. The van der Waals surface area contributed by atoms with Gasteiger partial charge >= 0.3 is 0 Å². The van der Waals surface area contributed by atoms with Crippen molar-refractivity contribution in [3.05, 3.63) is 48.3 Å². The zero-order chi connectivity index (χ0) is 18.5. The van der Waals surface area contributed by atoms with Gasteiger partial charge in [-0.2, -0.15) is 0 Å². The van der Waals surface area contributed by atoms with Gasteiger partial charge in [0.05, 0.1) is 0 Å². The van der Waals surface area contributed by atoms with E-state index in [1.54, 1.807) is 42.4 Å². The molecule has 2 N–H and O–H groups in total. The van der Waals surface area contributed by atoms with Gasteiger partial charge in [-0.3, -0.25) is 19.4 Å². The van der Waals surface area contributed by atoms with E-state index in [0.717, 1.165) is 6.42 Å². The van der Waals surface area contributed by atoms with Crippen LogP contribution in [0.2, 0.25) is 0 Å². The first-order valence-electron chi connectivity index (χ1n) is 8.74. The number of allylic oxidation sites excluding steroid dienone is 3. The fourth-order valence-electron chi connectivity index (χ4n) is 3.18. The Morgan fingerprint density at radius 3 is 2.73 bits per heavy atom. The van der Waals surface area contributed by atoms with Crippen LogP contribution in [0.25, 0.3) is 0 Å². The number of rotatable bonds is 5. The van der Waals surface area contributed by atoms with Crippen LogP contribution in [0.15, 0.2) is 48.3 Å². The maximum atomic E-state index is 12.7. The van der Waals surface area contributed by atoms with Gasteiger partial charge in [0.15, 0.2) is 0 Å². The van der Waals surface area contributed by atoms with Crippen molar-refractivity contribution < 1.29 is 14.4 Å². The lowest BCUT2D eigenvalue weighted by Crippen LogP contribution is -2.51. The lowest BCUT2D eigenvalue weighted by atomic mass is 10.1. The summed E-state index contributed by atoms with van der Waals surface area (Å²) in [6.45, 7) is 2.16. The number of hydrogen-bond acceptors (Lipinski definition) is 4. The van der Waals surface area contributed by atoms with Crippen molar-refractivity contribution in [1.29, 1.82) is 0 Å². The second kappa shape index (κ2) is 7.95. The Hall–Kier alpha value is -2.96. The van der Waals surface area contributed by atoms with E-state index in [0.29, 0.717) is 30.6 Å². The number of carbonyl (C=O) groups excluding carboxylic acids is 3. The maximum Gasteiger partial charge on any atom is 0.248 e. The minimum atomic E-state index is -0.682. The Labute approximate surface area is 152 Å². The number of nitrogens with one attached hydrogen (secondary N) is 2. The summed E-state index contributed by atoms with van der Waals surface area (Å²) in [6.07, 6.45) is 10.6. The van der Waals surface area contributed by atoms with Crippen LogP contribution in [0, 0.1) is 0 Å². The molecule has 3 rings (SSSR count). The molecule has 0 aromatic carbocycles. The van der Waals surface area contributed by atoms with Crippen molar-refractivity contribution in [3.8, 4) is 0 Å². The molecule has 0 saturated carbocycles. The average molecular weight is 354 g/mol. The highest BCUT2D eigenvalue weighted by molar-refractivity contribution is 6.00. The first kappa shape index (κ1) is 17.8. The summed E-state index contributed by atoms with van der Waals surface area (Å²) in [5, 5.41) is 5.54. The molecule has 0 bridgehead atoms. The molecule has 2 heterocycles. The predicted octanol–water partition coefficient (Wildman–Crippen LogP) is 1.40. The third kappa shape index (κ3) is 3.99. The summed E-state index contributed by atoms with van der Waals surface area (Å²) >= 11 is 0. The summed E-state index contributed by atoms with van der Waals surface area (Å²) in [7, 11) is 0. The van der Waals surface area contributed by atoms with Crippen molar-refractivity contribution in [2.24, 2.45) is 0 Å². The third-order valence-electron chi connectivity index (χ3n) is 4.57. The normalized spacial score (nSPS) is 19.8. The molecular formula is C19H22N4O3. The summed E-state index contributed by atoms with van der Waals surface area (Å²) in [5.74, 6) is -0.701. The summed E-state index contributed by atoms with van der Waals surface area (Å²) < 4.78 is 0. The van der Waals surface area contributed by atoms with Crippen LogP contribution < -0.4 is 10.6 Å². The largest absolute Gasteiger partial charge is 0.341 e. The monoisotopic (exact) mass is 354 g/mol. The number of hydrogen-bond donors (Lipinski definition) is 2. The van der Waals surface area contributed by atoms with Crippen molar-refractivity contribution in [2.45, 2.75) is 38.3 Å². The van der Waals surface area contributed by atoms with Crippen LogP contribution in [0.4, 0.5) is 5.69 Å². The van der Waals surface area contributed by atoms with E-state index in [1.165, 1.54) is 0 Å². The lowest BCUT2D eigenvalue weighted by Gasteiger charge is -2.27. The molecule has 26 heavy (non-hydrogen) atoms.